The molecule has 5 rings (SSSR count). The molecule has 1 amide bonds. The van der Waals surface area contributed by atoms with E-state index in [1.54, 1.807) is 36.5 Å². The molecular formula is C29H25BrFIN4O3. The molecule has 200 valence electrons. The van der Waals surface area contributed by atoms with Crippen LogP contribution < -0.4 is 15.6 Å². The van der Waals surface area contributed by atoms with Gasteiger partial charge in [-0.1, -0.05) is 47.3 Å². The van der Waals surface area contributed by atoms with Gasteiger partial charge in [-0.3, -0.25) is 9.59 Å². The minimum Gasteiger partial charge on any atom is -0.483 e. The van der Waals surface area contributed by atoms with Crippen molar-refractivity contribution >= 4 is 67.2 Å². The number of hydrogen-bond donors (Lipinski definition) is 1. The average molecular weight is 703 g/mol. The van der Waals surface area contributed by atoms with Crippen molar-refractivity contribution in [3.05, 3.63) is 96.3 Å². The number of nitrogens with one attached hydrogen (secondary N) is 1. The number of aromatic nitrogens is 2. The van der Waals surface area contributed by atoms with Crippen molar-refractivity contribution in [3.63, 3.8) is 0 Å². The lowest BCUT2D eigenvalue weighted by atomic mass is 9.88. The molecule has 1 saturated carbocycles. The Morgan fingerprint density at radius 1 is 1.15 bits per heavy atom. The van der Waals surface area contributed by atoms with Gasteiger partial charge in [0.25, 0.3) is 11.5 Å². The number of rotatable bonds is 7. The zero-order valence-electron chi connectivity index (χ0n) is 20.9. The Bertz CT molecular complexity index is 1620. The van der Waals surface area contributed by atoms with E-state index < -0.39 is 11.7 Å². The number of hydrogen-bond acceptors (Lipinski definition) is 5. The van der Waals surface area contributed by atoms with Crippen LogP contribution in [0.5, 0.6) is 5.75 Å². The number of fused-ring (bicyclic) bond motifs is 1. The number of nitrogens with zero attached hydrogens (tertiary/aromatic N) is 3. The summed E-state index contributed by atoms with van der Waals surface area (Å²) in [5.41, 5.74) is 1.34. The standard InChI is InChI=1S/C29H25BrFIN4O3/c30-20-11-12-24-21(15-20)29(38)36(28(35-24)19-6-2-1-3-7-19)33-16-18-10-13-26(23(32)14-18)39-17-27(37)34-25-9-5-4-8-22(25)31/h4-5,8-16,19H,1-3,6-7,17H2,(H,34,37). The Morgan fingerprint density at radius 3 is 2.72 bits per heavy atom. The molecule has 0 aliphatic heterocycles. The van der Waals surface area contributed by atoms with Crippen LogP contribution in [0.3, 0.4) is 0 Å². The summed E-state index contributed by atoms with van der Waals surface area (Å²) >= 11 is 5.56. The number of anilines is 1. The summed E-state index contributed by atoms with van der Waals surface area (Å²) < 4.78 is 22.4. The highest BCUT2D eigenvalue weighted by atomic mass is 127. The predicted molar refractivity (Wildman–Crippen MR) is 162 cm³/mol. The van der Waals surface area contributed by atoms with Crippen molar-refractivity contribution in [2.75, 3.05) is 11.9 Å². The molecule has 0 saturated heterocycles. The Balaban J connectivity index is 1.36. The van der Waals surface area contributed by atoms with Crippen molar-refractivity contribution in [2.24, 2.45) is 5.10 Å². The highest BCUT2D eigenvalue weighted by Crippen LogP contribution is 2.32. The fourth-order valence-electron chi connectivity index (χ4n) is 4.63. The summed E-state index contributed by atoms with van der Waals surface area (Å²) in [7, 11) is 0. The van der Waals surface area contributed by atoms with Crippen LogP contribution in [0, 0.1) is 9.39 Å². The number of benzene rings is 3. The molecule has 1 fully saturated rings. The van der Waals surface area contributed by atoms with Gasteiger partial charge >= 0.3 is 0 Å². The smallest absolute Gasteiger partial charge is 0.282 e. The summed E-state index contributed by atoms with van der Waals surface area (Å²) in [5.74, 6) is 0.411. The predicted octanol–water partition coefficient (Wildman–Crippen LogP) is 6.85. The lowest BCUT2D eigenvalue weighted by Gasteiger charge is -2.22. The largest absolute Gasteiger partial charge is 0.483 e. The van der Waals surface area contributed by atoms with Crippen LogP contribution in [0.2, 0.25) is 0 Å². The molecule has 1 N–H and O–H groups in total. The number of carbonyl (C=O) groups is 1. The molecule has 4 aromatic rings. The molecule has 7 nitrogen and oxygen atoms in total. The molecule has 1 aromatic heterocycles. The Labute approximate surface area is 246 Å². The van der Waals surface area contributed by atoms with E-state index in [1.807, 2.05) is 18.2 Å². The number of carbonyl (C=O) groups excluding carboxylic acids is 1. The normalized spacial score (nSPS) is 14.1. The van der Waals surface area contributed by atoms with Crippen LogP contribution in [-0.2, 0) is 4.79 Å². The first kappa shape index (κ1) is 27.4. The van der Waals surface area contributed by atoms with Crippen LogP contribution in [0.25, 0.3) is 10.9 Å². The van der Waals surface area contributed by atoms with Crippen LogP contribution >= 0.6 is 38.5 Å². The lowest BCUT2D eigenvalue weighted by Crippen LogP contribution is -2.25. The molecule has 0 atom stereocenters. The maximum Gasteiger partial charge on any atom is 0.282 e. The fourth-order valence-corrected chi connectivity index (χ4v) is 5.69. The molecule has 1 aliphatic carbocycles. The first-order valence-corrected chi connectivity index (χ1v) is 14.5. The minimum atomic E-state index is -0.510. The number of amides is 1. The molecule has 1 aliphatic rings. The minimum absolute atomic E-state index is 0.103. The molecule has 1 heterocycles. The third kappa shape index (κ3) is 6.55. The Hall–Kier alpha value is -3.12. The SMILES string of the molecule is O=C(COc1ccc(C=Nn2c(C3CCCCC3)nc3ccc(Br)cc3c2=O)cc1I)Nc1ccccc1F. The second kappa shape index (κ2) is 12.4. The molecular weight excluding hydrogens is 678 g/mol. The molecule has 0 bridgehead atoms. The van der Waals surface area contributed by atoms with E-state index in [0.717, 1.165) is 39.3 Å². The molecule has 3 aromatic carbocycles. The van der Waals surface area contributed by atoms with Gasteiger partial charge in [-0.05, 0) is 89.5 Å². The van der Waals surface area contributed by atoms with Gasteiger partial charge in [0.2, 0.25) is 0 Å². The van der Waals surface area contributed by atoms with Gasteiger partial charge in [0, 0.05) is 10.4 Å². The summed E-state index contributed by atoms with van der Waals surface area (Å²) in [6.45, 7) is -0.268. The van der Waals surface area contributed by atoms with Crippen molar-refractivity contribution in [1.82, 2.24) is 9.66 Å². The van der Waals surface area contributed by atoms with E-state index >= 15 is 0 Å². The van der Waals surface area contributed by atoms with Gasteiger partial charge in [0.15, 0.2) is 6.61 Å². The van der Waals surface area contributed by atoms with Gasteiger partial charge in [0.05, 0.1) is 26.4 Å². The highest BCUT2D eigenvalue weighted by molar-refractivity contribution is 14.1. The van der Waals surface area contributed by atoms with Crippen LogP contribution in [-0.4, -0.2) is 28.4 Å². The van der Waals surface area contributed by atoms with Crippen LogP contribution in [0.15, 0.2) is 75.0 Å². The number of halogens is 3. The van der Waals surface area contributed by atoms with E-state index in [9.17, 15) is 14.0 Å². The van der Waals surface area contributed by atoms with Crippen molar-refractivity contribution in [1.29, 1.82) is 0 Å². The molecule has 0 unspecified atom stereocenters. The van der Waals surface area contributed by atoms with Gasteiger partial charge in [-0.15, -0.1) is 0 Å². The second-order valence-electron chi connectivity index (χ2n) is 9.33. The third-order valence-electron chi connectivity index (χ3n) is 6.59. The first-order valence-electron chi connectivity index (χ1n) is 12.6. The maximum absolute atomic E-state index is 13.8. The summed E-state index contributed by atoms with van der Waals surface area (Å²) in [6, 6.07) is 16.9. The van der Waals surface area contributed by atoms with E-state index in [0.29, 0.717) is 22.5 Å². The molecule has 0 radical (unpaired) electrons. The monoisotopic (exact) mass is 702 g/mol. The molecule has 0 spiro atoms. The van der Waals surface area contributed by atoms with E-state index in [2.05, 4.69) is 48.9 Å². The van der Waals surface area contributed by atoms with Gasteiger partial charge in [0.1, 0.15) is 17.4 Å². The van der Waals surface area contributed by atoms with Crippen LogP contribution in [0.1, 0.15) is 49.4 Å². The van der Waals surface area contributed by atoms with Crippen molar-refractivity contribution < 1.29 is 13.9 Å². The van der Waals surface area contributed by atoms with E-state index in [4.69, 9.17) is 9.72 Å². The van der Waals surface area contributed by atoms with E-state index in [1.165, 1.54) is 23.2 Å². The van der Waals surface area contributed by atoms with Crippen molar-refractivity contribution in [2.45, 2.75) is 38.0 Å². The summed E-state index contributed by atoms with van der Waals surface area (Å²) in [4.78, 5) is 30.6. The average Bonchev–Trinajstić information content (AvgIpc) is 2.94. The third-order valence-corrected chi connectivity index (χ3v) is 7.92. The summed E-state index contributed by atoms with van der Waals surface area (Å²) in [5, 5.41) is 7.60. The molecule has 39 heavy (non-hydrogen) atoms. The second-order valence-corrected chi connectivity index (χ2v) is 11.4. The fraction of sp³-hybridized carbons (Fsp3) is 0.241. The van der Waals surface area contributed by atoms with Gasteiger partial charge in [-0.2, -0.15) is 9.78 Å². The van der Waals surface area contributed by atoms with Gasteiger partial charge in [-0.25, -0.2) is 9.37 Å². The van der Waals surface area contributed by atoms with E-state index in [-0.39, 0.29) is 23.8 Å². The zero-order valence-corrected chi connectivity index (χ0v) is 24.6. The first-order chi connectivity index (χ1) is 18.9. The number of para-hydroxylation sites is 1. The highest BCUT2D eigenvalue weighted by Gasteiger charge is 2.22. The lowest BCUT2D eigenvalue weighted by molar-refractivity contribution is -0.118. The Kier molecular flexibility index (Phi) is 8.71. The van der Waals surface area contributed by atoms with Crippen molar-refractivity contribution in [3.8, 4) is 5.75 Å². The topological polar surface area (TPSA) is 85.6 Å². The van der Waals surface area contributed by atoms with Gasteiger partial charge < -0.3 is 10.1 Å². The quantitative estimate of drug-likeness (QED) is 0.169. The zero-order chi connectivity index (χ0) is 27.4. The Morgan fingerprint density at radius 2 is 1.95 bits per heavy atom. The summed E-state index contributed by atoms with van der Waals surface area (Å²) in [6.07, 6.45) is 7.02. The maximum atomic E-state index is 13.8. The number of ether oxygens (including phenoxy) is 1. The van der Waals surface area contributed by atoms with Crippen LogP contribution in [0.4, 0.5) is 10.1 Å². The molecule has 10 heteroatoms.